The van der Waals surface area contributed by atoms with Crippen LogP contribution in [0.5, 0.6) is 11.5 Å². The number of rotatable bonds is 1. The summed E-state index contributed by atoms with van der Waals surface area (Å²) < 4.78 is 0. The molecule has 0 aliphatic heterocycles. The third-order valence-corrected chi connectivity index (χ3v) is 5.44. The predicted octanol–water partition coefficient (Wildman–Crippen LogP) is 3.33. The number of hydrogen-bond donors (Lipinski definition) is 3. The fraction of sp³-hybridized carbons (Fsp3) is 0.227. The van der Waals surface area contributed by atoms with E-state index in [1.54, 1.807) is 19.9 Å². The molecule has 4 rings (SSSR count). The molecule has 1 atom stereocenters. The summed E-state index contributed by atoms with van der Waals surface area (Å²) in [6.07, 6.45) is 1.77. The first-order chi connectivity index (χ1) is 13.2. The van der Waals surface area contributed by atoms with E-state index < -0.39 is 17.7 Å². The SMILES string of the molecule is Cc1cc2c(c(O)c1-c1c(C)cc(O)c3c1C(=O)C=CC3=O)C(=O)CC[C@H]2O. The molecular formula is C22H18O6. The molecule has 6 heteroatoms. The van der Waals surface area contributed by atoms with E-state index in [2.05, 4.69) is 0 Å². The minimum atomic E-state index is -0.854. The first-order valence-corrected chi connectivity index (χ1v) is 8.93. The van der Waals surface area contributed by atoms with Gasteiger partial charge in [0, 0.05) is 23.1 Å². The fourth-order valence-electron chi connectivity index (χ4n) is 4.18. The average molecular weight is 378 g/mol. The summed E-state index contributed by atoms with van der Waals surface area (Å²) in [7, 11) is 0. The van der Waals surface area contributed by atoms with Crippen molar-refractivity contribution < 1.29 is 29.7 Å². The van der Waals surface area contributed by atoms with Crippen molar-refractivity contribution in [1.82, 2.24) is 0 Å². The van der Waals surface area contributed by atoms with Gasteiger partial charge < -0.3 is 15.3 Å². The van der Waals surface area contributed by atoms with Gasteiger partial charge in [-0.1, -0.05) is 6.07 Å². The standard InChI is InChI=1S/C22H18O6/c1-9-7-11-12(23)3-4-13(24)19(11)22(28)18(9)17-10(2)8-16(27)20-14(25)5-6-15(26)21(17)20/h5-8,12,23,27-28H,3-4H2,1-2H3/t12-/m1/s1. The summed E-state index contributed by atoms with van der Waals surface area (Å²) in [4.78, 5) is 37.4. The number of carbonyl (C=O) groups is 3. The number of benzene rings is 2. The zero-order chi connectivity index (χ0) is 20.3. The molecule has 0 bridgehead atoms. The van der Waals surface area contributed by atoms with Crippen LogP contribution in [0.4, 0.5) is 0 Å². The number of Topliss-reactive ketones (excluding diaryl/α,β-unsaturated/α-hetero) is 1. The normalized spacial score (nSPS) is 18.2. The van der Waals surface area contributed by atoms with Crippen molar-refractivity contribution >= 4 is 17.3 Å². The van der Waals surface area contributed by atoms with E-state index in [0.29, 0.717) is 22.3 Å². The second-order valence-electron chi connectivity index (χ2n) is 7.26. The Balaban J connectivity index is 2.12. The highest BCUT2D eigenvalue weighted by molar-refractivity contribution is 6.26. The maximum atomic E-state index is 12.6. The van der Waals surface area contributed by atoms with Gasteiger partial charge in [0.25, 0.3) is 0 Å². The molecule has 142 valence electrons. The Morgan fingerprint density at radius 3 is 2.11 bits per heavy atom. The molecule has 2 aliphatic carbocycles. The summed E-state index contributed by atoms with van der Waals surface area (Å²) in [6, 6.07) is 3.00. The van der Waals surface area contributed by atoms with Crippen LogP contribution in [0.2, 0.25) is 0 Å². The summed E-state index contributed by atoms with van der Waals surface area (Å²) in [5.74, 6) is -1.88. The summed E-state index contributed by atoms with van der Waals surface area (Å²) >= 11 is 0. The highest BCUT2D eigenvalue weighted by Crippen LogP contribution is 2.47. The van der Waals surface area contributed by atoms with Gasteiger partial charge in [0.15, 0.2) is 17.3 Å². The zero-order valence-corrected chi connectivity index (χ0v) is 15.4. The van der Waals surface area contributed by atoms with Gasteiger partial charge in [0.2, 0.25) is 0 Å². The third-order valence-electron chi connectivity index (χ3n) is 5.44. The van der Waals surface area contributed by atoms with E-state index in [9.17, 15) is 29.7 Å². The second kappa shape index (κ2) is 6.14. The van der Waals surface area contributed by atoms with Crippen LogP contribution in [0.25, 0.3) is 11.1 Å². The van der Waals surface area contributed by atoms with Crippen molar-refractivity contribution in [3.8, 4) is 22.6 Å². The largest absolute Gasteiger partial charge is 0.507 e. The van der Waals surface area contributed by atoms with Crippen LogP contribution in [-0.4, -0.2) is 32.7 Å². The van der Waals surface area contributed by atoms with Crippen molar-refractivity contribution in [2.75, 3.05) is 0 Å². The molecule has 2 aromatic rings. The van der Waals surface area contributed by atoms with Gasteiger partial charge in [-0.25, -0.2) is 0 Å². The van der Waals surface area contributed by atoms with E-state index >= 15 is 0 Å². The quantitative estimate of drug-likeness (QED) is 0.702. The number of phenolic OH excluding ortho intramolecular Hbond substituents is 2. The van der Waals surface area contributed by atoms with Gasteiger partial charge >= 0.3 is 0 Å². The van der Waals surface area contributed by atoms with Crippen LogP contribution >= 0.6 is 0 Å². The molecule has 0 saturated carbocycles. The molecule has 2 aromatic carbocycles. The lowest BCUT2D eigenvalue weighted by molar-refractivity contribution is 0.0892. The van der Waals surface area contributed by atoms with E-state index in [-0.39, 0.29) is 52.4 Å². The van der Waals surface area contributed by atoms with E-state index in [0.717, 1.165) is 12.2 Å². The highest BCUT2D eigenvalue weighted by atomic mass is 16.3. The molecule has 0 fully saturated rings. The molecule has 0 heterocycles. The Bertz CT molecular complexity index is 1120. The summed E-state index contributed by atoms with van der Waals surface area (Å²) in [5, 5.41) is 31.5. The number of aliphatic hydroxyl groups excluding tert-OH is 1. The Morgan fingerprint density at radius 1 is 0.821 bits per heavy atom. The molecule has 0 aromatic heterocycles. The minimum Gasteiger partial charge on any atom is -0.507 e. The number of allylic oxidation sites excluding steroid dienone is 2. The Morgan fingerprint density at radius 2 is 1.43 bits per heavy atom. The Hall–Kier alpha value is -3.25. The Labute approximate surface area is 160 Å². The molecule has 6 nitrogen and oxygen atoms in total. The van der Waals surface area contributed by atoms with Crippen LogP contribution < -0.4 is 0 Å². The van der Waals surface area contributed by atoms with Crippen molar-refractivity contribution in [2.24, 2.45) is 0 Å². The highest BCUT2D eigenvalue weighted by Gasteiger charge is 2.34. The molecule has 0 saturated heterocycles. The molecular weight excluding hydrogens is 360 g/mol. The third kappa shape index (κ3) is 2.42. The zero-order valence-electron chi connectivity index (χ0n) is 15.4. The first-order valence-electron chi connectivity index (χ1n) is 8.93. The number of hydrogen-bond acceptors (Lipinski definition) is 6. The number of ketones is 3. The number of aryl methyl sites for hydroxylation is 2. The lowest BCUT2D eigenvalue weighted by Crippen LogP contribution is -2.18. The van der Waals surface area contributed by atoms with Crippen molar-refractivity contribution in [3.63, 3.8) is 0 Å². The van der Waals surface area contributed by atoms with Crippen LogP contribution in [0.3, 0.4) is 0 Å². The lowest BCUT2D eigenvalue weighted by atomic mass is 9.79. The molecule has 0 amide bonds. The molecule has 28 heavy (non-hydrogen) atoms. The average Bonchev–Trinajstić information content (AvgIpc) is 2.62. The smallest absolute Gasteiger partial charge is 0.190 e. The molecule has 2 aliphatic rings. The number of carbonyl (C=O) groups excluding carboxylic acids is 3. The van der Waals surface area contributed by atoms with Gasteiger partial charge in [0.05, 0.1) is 17.2 Å². The Kier molecular flexibility index (Phi) is 3.97. The maximum absolute atomic E-state index is 12.6. The minimum absolute atomic E-state index is 0.00663. The summed E-state index contributed by atoms with van der Waals surface area (Å²) in [5.41, 5.74) is 1.90. The van der Waals surface area contributed by atoms with Crippen LogP contribution in [0, 0.1) is 13.8 Å². The van der Waals surface area contributed by atoms with Crippen molar-refractivity contribution in [3.05, 3.63) is 57.7 Å². The van der Waals surface area contributed by atoms with Crippen LogP contribution in [0.15, 0.2) is 24.3 Å². The van der Waals surface area contributed by atoms with Gasteiger partial charge in [-0.15, -0.1) is 0 Å². The van der Waals surface area contributed by atoms with E-state index in [1.165, 1.54) is 6.07 Å². The van der Waals surface area contributed by atoms with Crippen molar-refractivity contribution in [1.29, 1.82) is 0 Å². The van der Waals surface area contributed by atoms with Crippen molar-refractivity contribution in [2.45, 2.75) is 32.8 Å². The van der Waals surface area contributed by atoms with Crippen LogP contribution in [-0.2, 0) is 0 Å². The van der Waals surface area contributed by atoms with Crippen LogP contribution in [0.1, 0.15) is 66.7 Å². The fourth-order valence-corrected chi connectivity index (χ4v) is 4.18. The van der Waals surface area contributed by atoms with Gasteiger partial charge in [-0.3, -0.25) is 14.4 Å². The number of aromatic hydroxyl groups is 2. The molecule has 0 spiro atoms. The number of aliphatic hydroxyl groups is 1. The predicted molar refractivity (Wildman–Crippen MR) is 101 cm³/mol. The lowest BCUT2D eigenvalue weighted by Gasteiger charge is -2.26. The van der Waals surface area contributed by atoms with Gasteiger partial charge in [-0.2, -0.15) is 0 Å². The van der Waals surface area contributed by atoms with E-state index in [1.807, 2.05) is 0 Å². The van der Waals surface area contributed by atoms with Gasteiger partial charge in [-0.05, 0) is 55.2 Å². The first kappa shape index (κ1) is 18.1. The van der Waals surface area contributed by atoms with E-state index in [4.69, 9.17) is 0 Å². The monoisotopic (exact) mass is 378 g/mol. The van der Waals surface area contributed by atoms with Gasteiger partial charge in [0.1, 0.15) is 11.5 Å². The molecule has 0 radical (unpaired) electrons. The number of fused-ring (bicyclic) bond motifs is 2. The molecule has 3 N–H and O–H groups in total. The topological polar surface area (TPSA) is 112 Å². The maximum Gasteiger partial charge on any atom is 0.190 e. The second-order valence-corrected chi connectivity index (χ2v) is 7.26. The summed E-state index contributed by atoms with van der Waals surface area (Å²) in [6.45, 7) is 3.35. The molecule has 0 unspecified atom stereocenters. The number of phenols is 2.